The van der Waals surface area contributed by atoms with Crippen LogP contribution in [0.1, 0.15) is 55.3 Å². The van der Waals surface area contributed by atoms with Gasteiger partial charge in [-0.3, -0.25) is 4.79 Å². The summed E-state index contributed by atoms with van der Waals surface area (Å²) >= 11 is 0. The summed E-state index contributed by atoms with van der Waals surface area (Å²) in [6.45, 7) is 0. The van der Waals surface area contributed by atoms with Crippen molar-refractivity contribution in [1.29, 1.82) is 0 Å². The number of carbonyl (C=O) groups excluding carboxylic acids is 1. The molecule has 1 aliphatic carbocycles. The Morgan fingerprint density at radius 1 is 1.10 bits per heavy atom. The number of hydrogen-bond acceptors (Lipinski definition) is 3. The number of methoxy groups -OCH3 is 2. The van der Waals surface area contributed by atoms with E-state index in [9.17, 15) is 4.79 Å². The summed E-state index contributed by atoms with van der Waals surface area (Å²) < 4.78 is 10.6. The molecule has 1 aliphatic rings. The van der Waals surface area contributed by atoms with Crippen LogP contribution in [0.15, 0.2) is 18.2 Å². The molecule has 1 fully saturated rings. The van der Waals surface area contributed by atoms with Crippen LogP contribution in [-0.2, 0) is 0 Å². The summed E-state index contributed by atoms with van der Waals surface area (Å²) in [6.07, 6.45) is 8.10. The highest BCUT2D eigenvalue weighted by Crippen LogP contribution is 2.32. The molecule has 0 aromatic heterocycles. The van der Waals surface area contributed by atoms with E-state index in [1.54, 1.807) is 14.2 Å². The van der Waals surface area contributed by atoms with Crippen molar-refractivity contribution in [2.75, 3.05) is 14.2 Å². The molecule has 0 radical (unpaired) electrons. The van der Waals surface area contributed by atoms with Crippen molar-refractivity contribution in [3.8, 4) is 11.5 Å². The number of ketones is 1. The maximum absolute atomic E-state index is 12.5. The monoisotopic (exact) mass is 276 g/mol. The van der Waals surface area contributed by atoms with Gasteiger partial charge in [-0.1, -0.05) is 38.2 Å². The summed E-state index contributed by atoms with van der Waals surface area (Å²) in [5.41, 5.74) is 0.591. The molecule has 0 bridgehead atoms. The molecule has 0 N–H and O–H groups in total. The second kappa shape index (κ2) is 7.32. The lowest BCUT2D eigenvalue weighted by Crippen LogP contribution is -2.10. The summed E-state index contributed by atoms with van der Waals surface area (Å²) in [5.74, 6) is 2.06. The Hall–Kier alpha value is -1.51. The fourth-order valence-corrected chi connectivity index (χ4v) is 3.06. The van der Waals surface area contributed by atoms with Crippen LogP contribution in [0.3, 0.4) is 0 Å². The third-order valence-electron chi connectivity index (χ3n) is 4.21. The smallest absolute Gasteiger partial charge is 0.170 e. The molecule has 3 nitrogen and oxygen atoms in total. The van der Waals surface area contributed by atoms with Crippen molar-refractivity contribution in [2.45, 2.75) is 44.9 Å². The van der Waals surface area contributed by atoms with Crippen LogP contribution in [0.5, 0.6) is 11.5 Å². The van der Waals surface area contributed by atoms with E-state index in [1.165, 1.54) is 32.1 Å². The van der Waals surface area contributed by atoms with Crippen LogP contribution in [0.25, 0.3) is 0 Å². The van der Waals surface area contributed by atoms with Crippen molar-refractivity contribution in [3.05, 3.63) is 23.8 Å². The summed E-state index contributed by atoms with van der Waals surface area (Å²) in [4.78, 5) is 12.5. The molecular formula is C17H24O3. The van der Waals surface area contributed by atoms with Gasteiger partial charge in [0.2, 0.25) is 0 Å². The predicted octanol–water partition coefficient (Wildman–Crippen LogP) is 4.25. The molecule has 20 heavy (non-hydrogen) atoms. The van der Waals surface area contributed by atoms with Gasteiger partial charge in [-0.2, -0.15) is 0 Å². The van der Waals surface area contributed by atoms with Gasteiger partial charge in [0, 0.05) is 6.42 Å². The van der Waals surface area contributed by atoms with E-state index < -0.39 is 0 Å². The number of benzene rings is 1. The normalized spacial score (nSPS) is 15.9. The molecule has 0 atom stereocenters. The number of rotatable bonds is 6. The quantitative estimate of drug-likeness (QED) is 0.729. The van der Waals surface area contributed by atoms with Gasteiger partial charge in [0.1, 0.15) is 17.1 Å². The Bertz CT molecular complexity index is 425. The van der Waals surface area contributed by atoms with Crippen LogP contribution in [0.4, 0.5) is 0 Å². The van der Waals surface area contributed by atoms with E-state index in [-0.39, 0.29) is 5.78 Å². The van der Waals surface area contributed by atoms with E-state index in [0.717, 1.165) is 6.42 Å². The molecule has 0 spiro atoms. The van der Waals surface area contributed by atoms with Gasteiger partial charge in [-0.05, 0) is 24.5 Å². The number of hydrogen-bond donors (Lipinski definition) is 0. The van der Waals surface area contributed by atoms with Crippen molar-refractivity contribution < 1.29 is 14.3 Å². The van der Waals surface area contributed by atoms with E-state index in [1.807, 2.05) is 18.2 Å². The second-order valence-electron chi connectivity index (χ2n) is 5.50. The van der Waals surface area contributed by atoms with Crippen LogP contribution in [0, 0.1) is 5.92 Å². The minimum absolute atomic E-state index is 0.130. The van der Waals surface area contributed by atoms with Gasteiger partial charge in [0.25, 0.3) is 0 Å². The summed E-state index contributed by atoms with van der Waals surface area (Å²) in [7, 11) is 3.18. The van der Waals surface area contributed by atoms with Gasteiger partial charge in [-0.15, -0.1) is 0 Å². The summed E-state index contributed by atoms with van der Waals surface area (Å²) in [5, 5.41) is 0. The molecule has 3 heteroatoms. The van der Waals surface area contributed by atoms with Crippen LogP contribution in [-0.4, -0.2) is 20.0 Å². The topological polar surface area (TPSA) is 35.5 Å². The van der Waals surface area contributed by atoms with Crippen molar-refractivity contribution >= 4 is 5.78 Å². The highest BCUT2D eigenvalue weighted by atomic mass is 16.5. The predicted molar refractivity (Wildman–Crippen MR) is 79.7 cm³/mol. The largest absolute Gasteiger partial charge is 0.496 e. The lowest BCUT2D eigenvalue weighted by molar-refractivity contribution is 0.0964. The van der Waals surface area contributed by atoms with E-state index >= 15 is 0 Å². The summed E-state index contributed by atoms with van der Waals surface area (Å²) in [6, 6.07) is 5.47. The zero-order chi connectivity index (χ0) is 14.4. The minimum atomic E-state index is 0.130. The number of ether oxygens (including phenoxy) is 2. The molecule has 1 aromatic carbocycles. The third kappa shape index (κ3) is 3.53. The van der Waals surface area contributed by atoms with Crippen molar-refractivity contribution in [1.82, 2.24) is 0 Å². The fraction of sp³-hybridized carbons (Fsp3) is 0.588. The first-order valence-corrected chi connectivity index (χ1v) is 7.50. The Morgan fingerprint density at radius 2 is 1.70 bits per heavy atom. The third-order valence-corrected chi connectivity index (χ3v) is 4.21. The van der Waals surface area contributed by atoms with Gasteiger partial charge < -0.3 is 9.47 Å². The molecule has 0 amide bonds. The molecule has 2 rings (SSSR count). The molecule has 0 aliphatic heterocycles. The highest BCUT2D eigenvalue weighted by molar-refractivity contribution is 6.01. The van der Waals surface area contributed by atoms with Crippen LogP contribution >= 0.6 is 0 Å². The molecule has 0 unspecified atom stereocenters. The highest BCUT2D eigenvalue weighted by Gasteiger charge is 2.20. The van der Waals surface area contributed by atoms with E-state index in [0.29, 0.717) is 29.4 Å². The zero-order valence-corrected chi connectivity index (χ0v) is 12.5. The second-order valence-corrected chi connectivity index (χ2v) is 5.50. The van der Waals surface area contributed by atoms with Gasteiger partial charge in [0.15, 0.2) is 5.78 Å². The lowest BCUT2D eigenvalue weighted by atomic mass is 9.85. The lowest BCUT2D eigenvalue weighted by Gasteiger charge is -2.21. The fourth-order valence-electron chi connectivity index (χ4n) is 3.06. The average molecular weight is 276 g/mol. The SMILES string of the molecule is COc1cccc(OC)c1C(=O)CCC1CCCCC1. The van der Waals surface area contributed by atoms with Crippen LogP contribution in [0.2, 0.25) is 0 Å². The molecular weight excluding hydrogens is 252 g/mol. The van der Waals surface area contributed by atoms with Gasteiger partial charge in [-0.25, -0.2) is 0 Å². The maximum atomic E-state index is 12.5. The number of carbonyl (C=O) groups is 1. The molecule has 0 saturated heterocycles. The van der Waals surface area contributed by atoms with Crippen molar-refractivity contribution in [2.24, 2.45) is 5.92 Å². The first-order valence-electron chi connectivity index (χ1n) is 7.50. The first kappa shape index (κ1) is 14.9. The Kier molecular flexibility index (Phi) is 5.45. The van der Waals surface area contributed by atoms with E-state index in [2.05, 4.69) is 0 Å². The molecule has 110 valence electrons. The molecule has 0 heterocycles. The molecule has 1 saturated carbocycles. The van der Waals surface area contributed by atoms with Gasteiger partial charge in [0.05, 0.1) is 14.2 Å². The van der Waals surface area contributed by atoms with Gasteiger partial charge >= 0.3 is 0 Å². The van der Waals surface area contributed by atoms with E-state index in [4.69, 9.17) is 9.47 Å². The minimum Gasteiger partial charge on any atom is -0.496 e. The Balaban J connectivity index is 2.04. The Labute approximate surface area is 121 Å². The van der Waals surface area contributed by atoms with Crippen molar-refractivity contribution in [3.63, 3.8) is 0 Å². The average Bonchev–Trinajstić information content (AvgIpc) is 2.52. The first-order chi connectivity index (χ1) is 9.76. The maximum Gasteiger partial charge on any atom is 0.170 e. The number of Topliss-reactive ketones (excluding diaryl/α,β-unsaturated/α-hetero) is 1. The zero-order valence-electron chi connectivity index (χ0n) is 12.5. The molecule has 1 aromatic rings. The Morgan fingerprint density at radius 3 is 2.25 bits per heavy atom. The van der Waals surface area contributed by atoms with Crippen LogP contribution < -0.4 is 9.47 Å². The standard InChI is InChI=1S/C17H24O3/c1-19-15-9-6-10-16(20-2)17(15)14(18)12-11-13-7-4-3-5-8-13/h6,9-10,13H,3-5,7-8,11-12H2,1-2H3.